The first kappa shape index (κ1) is 43.1. The highest BCUT2D eigenvalue weighted by atomic mass is 16.4. The summed E-state index contributed by atoms with van der Waals surface area (Å²) in [5.74, 6) is -6.38. The molecule has 4 aromatic rings. The van der Waals surface area contributed by atoms with Crippen molar-refractivity contribution in [2.45, 2.75) is 50.0 Å². The summed E-state index contributed by atoms with van der Waals surface area (Å²) in [6.45, 7) is 7.34. The number of phenolic OH excluding ortho intramolecular Hbond substituents is 3. The molecule has 0 bridgehead atoms. The van der Waals surface area contributed by atoms with Crippen LogP contribution in [0.3, 0.4) is 0 Å². The molecule has 2 aliphatic heterocycles. The molecular formula is C47H42N4O12. The average Bonchev–Trinajstić information content (AvgIpc) is 3.67. The Bertz CT molecular complexity index is 2790. The Hall–Kier alpha value is -7.95. The van der Waals surface area contributed by atoms with Gasteiger partial charge in [0.1, 0.15) is 17.2 Å². The van der Waals surface area contributed by atoms with Crippen LogP contribution in [-0.4, -0.2) is 65.2 Å². The fourth-order valence-corrected chi connectivity index (χ4v) is 8.14. The molecule has 11 N–H and O–H groups in total. The summed E-state index contributed by atoms with van der Waals surface area (Å²) >= 11 is 0. The first-order chi connectivity index (χ1) is 29.9. The first-order valence-electron chi connectivity index (χ1n) is 19.5. The summed E-state index contributed by atoms with van der Waals surface area (Å²) in [6, 6.07) is 14.1. The third kappa shape index (κ3) is 7.68. The van der Waals surface area contributed by atoms with Crippen LogP contribution < -0.4 is 21.3 Å². The van der Waals surface area contributed by atoms with Crippen LogP contribution >= 0.6 is 0 Å². The molecule has 2 heterocycles. The number of rotatable bonds is 6. The lowest BCUT2D eigenvalue weighted by Gasteiger charge is -2.33. The number of benzene rings is 4. The standard InChI is InChI=1S/C47H42N4O12/c1-23-9-15-38(56)32-19-28(54)22-36-42(32)47(45(63)49-36,51-34-20-26(52)12-13-30(34)44(61)62)40(58)17-11-24(2)8-14-37(55)31-18-27(53)21-35-41(31)46(25(3)48-35,39(57)16-10-23)50-33-7-5-4-6-29(33)43(59)60/h4-13,16-22,37-38,48,50-56H,3,14-15H2,1-2H3,(H,49,63)(H,59,60)(H,61,62)/b16-10+,17-11+,23-9+,24-8+/t37-,38-,46-,47+/m0/s1. The van der Waals surface area contributed by atoms with Gasteiger partial charge in [-0.3, -0.25) is 14.4 Å². The third-order valence-corrected chi connectivity index (χ3v) is 11.2. The average molecular weight is 855 g/mol. The molecule has 0 spiro atoms. The Kier molecular flexibility index (Phi) is 11.3. The molecule has 16 heteroatoms. The van der Waals surface area contributed by atoms with Gasteiger partial charge in [-0.25, -0.2) is 9.59 Å². The molecule has 322 valence electrons. The van der Waals surface area contributed by atoms with Gasteiger partial charge in [-0.1, -0.05) is 54.2 Å². The summed E-state index contributed by atoms with van der Waals surface area (Å²) < 4.78 is 0. The number of carboxylic acids is 2. The fourth-order valence-electron chi connectivity index (χ4n) is 8.14. The zero-order valence-corrected chi connectivity index (χ0v) is 33.8. The maximum absolute atomic E-state index is 14.8. The number of carboxylic acid groups (broad SMARTS) is 2. The van der Waals surface area contributed by atoms with Crippen LogP contribution in [0.1, 0.15) is 81.9 Å². The molecule has 4 atom stereocenters. The van der Waals surface area contributed by atoms with Crippen LogP contribution in [0.25, 0.3) is 0 Å². The van der Waals surface area contributed by atoms with E-state index in [1.54, 1.807) is 32.1 Å². The van der Waals surface area contributed by atoms with Crippen LogP contribution in [-0.2, 0) is 25.5 Å². The van der Waals surface area contributed by atoms with Gasteiger partial charge in [-0.15, -0.1) is 0 Å². The van der Waals surface area contributed by atoms with Gasteiger partial charge in [0.25, 0.3) is 5.91 Å². The van der Waals surface area contributed by atoms with Crippen LogP contribution in [0.5, 0.6) is 17.2 Å². The predicted molar refractivity (Wildman–Crippen MR) is 232 cm³/mol. The van der Waals surface area contributed by atoms with E-state index in [1.807, 2.05) is 0 Å². The number of hydrogen-bond acceptors (Lipinski definition) is 13. The zero-order chi connectivity index (χ0) is 45.5. The largest absolute Gasteiger partial charge is 0.508 e. The van der Waals surface area contributed by atoms with E-state index in [2.05, 4.69) is 27.8 Å². The highest BCUT2D eigenvalue weighted by Crippen LogP contribution is 2.51. The summed E-state index contributed by atoms with van der Waals surface area (Å²) in [5.41, 5.74) is -4.30. The van der Waals surface area contributed by atoms with Crippen molar-refractivity contribution in [3.8, 4) is 17.2 Å². The van der Waals surface area contributed by atoms with Crippen molar-refractivity contribution in [1.29, 1.82) is 0 Å². The number of phenols is 3. The van der Waals surface area contributed by atoms with E-state index >= 15 is 0 Å². The van der Waals surface area contributed by atoms with Gasteiger partial charge in [0.15, 0.2) is 17.1 Å². The topological polar surface area (TPSA) is 275 Å². The number of ketones is 2. The SMILES string of the molecule is C=C1Nc2cc(O)cc3c2[C@@]1(Nc1ccccc1C(=O)O)C(=O)/C=C/C(C)=C/C[C@H](O)c1cc(O)cc2c1[C@](Nc1cc(O)ccc1C(=O)O)(C(=O)/C=C/C(C)=C/C[C@@H]3O)C(=O)N2. The lowest BCUT2D eigenvalue weighted by Crippen LogP contribution is -2.49. The number of para-hydroxylation sites is 1. The molecule has 0 radical (unpaired) electrons. The van der Waals surface area contributed by atoms with E-state index in [1.165, 1.54) is 48.6 Å². The lowest BCUT2D eigenvalue weighted by atomic mass is 9.79. The zero-order valence-electron chi connectivity index (χ0n) is 33.8. The summed E-state index contributed by atoms with van der Waals surface area (Å²) in [6.07, 6.45) is 4.75. The van der Waals surface area contributed by atoms with Crippen LogP contribution in [0.4, 0.5) is 22.7 Å². The van der Waals surface area contributed by atoms with Gasteiger partial charge in [0.2, 0.25) is 5.54 Å². The summed E-state index contributed by atoms with van der Waals surface area (Å²) in [4.78, 5) is 68.4. The van der Waals surface area contributed by atoms with E-state index < -0.39 is 64.0 Å². The second-order valence-electron chi connectivity index (χ2n) is 15.4. The first-order valence-corrected chi connectivity index (χ1v) is 19.5. The molecule has 4 aromatic carbocycles. The van der Waals surface area contributed by atoms with Crippen LogP contribution in [0.15, 0.2) is 127 Å². The van der Waals surface area contributed by atoms with Crippen LogP contribution in [0.2, 0.25) is 0 Å². The Morgan fingerprint density at radius 1 is 0.635 bits per heavy atom. The van der Waals surface area contributed by atoms with Crippen molar-refractivity contribution in [2.75, 3.05) is 21.3 Å². The number of carbonyl (C=O) groups is 5. The lowest BCUT2D eigenvalue weighted by molar-refractivity contribution is -0.129. The molecule has 0 unspecified atom stereocenters. The number of aromatic carboxylic acids is 2. The predicted octanol–water partition coefficient (Wildman–Crippen LogP) is 6.41. The van der Waals surface area contributed by atoms with Crippen molar-refractivity contribution in [3.05, 3.63) is 160 Å². The second-order valence-corrected chi connectivity index (χ2v) is 15.4. The number of allylic oxidation sites excluding steroid dienone is 4. The Balaban J connectivity index is 1.42. The van der Waals surface area contributed by atoms with Crippen molar-refractivity contribution in [2.24, 2.45) is 0 Å². The minimum atomic E-state index is -2.48. The number of nitrogens with one attached hydrogen (secondary N) is 4. The Labute approximate surface area is 359 Å². The van der Waals surface area contributed by atoms with Crippen LogP contribution in [0, 0.1) is 0 Å². The number of aromatic hydroxyl groups is 3. The molecule has 0 aromatic heterocycles. The molecule has 0 saturated heterocycles. The monoisotopic (exact) mass is 854 g/mol. The third-order valence-electron chi connectivity index (χ3n) is 11.2. The van der Waals surface area contributed by atoms with Crippen molar-refractivity contribution < 1.29 is 59.7 Å². The number of aliphatic hydroxyl groups excluding tert-OH is 2. The molecule has 1 aliphatic carbocycles. The van der Waals surface area contributed by atoms with Gasteiger partial charge in [-0.05, 0) is 86.4 Å². The maximum Gasteiger partial charge on any atom is 0.337 e. The fraction of sp³-hybridized carbons (Fsp3) is 0.170. The van der Waals surface area contributed by atoms with Crippen molar-refractivity contribution >= 4 is 52.2 Å². The molecule has 0 saturated carbocycles. The van der Waals surface area contributed by atoms with E-state index in [4.69, 9.17) is 0 Å². The van der Waals surface area contributed by atoms with E-state index in [-0.39, 0.29) is 80.6 Å². The number of carbonyl (C=O) groups excluding carboxylic acids is 3. The molecule has 3 aliphatic rings. The highest BCUT2D eigenvalue weighted by Gasteiger charge is 2.55. The number of aliphatic hydroxyl groups is 2. The highest BCUT2D eigenvalue weighted by molar-refractivity contribution is 6.26. The van der Waals surface area contributed by atoms with Gasteiger partial charge in [0.05, 0.1) is 40.4 Å². The van der Waals surface area contributed by atoms with Gasteiger partial charge >= 0.3 is 11.9 Å². The number of amides is 1. The number of anilines is 4. The number of hydrogen-bond donors (Lipinski definition) is 11. The molecule has 1 amide bonds. The quantitative estimate of drug-likeness (QED) is 0.0935. The second kappa shape index (κ2) is 16.5. The normalized spacial score (nSPS) is 24.9. The van der Waals surface area contributed by atoms with Gasteiger partial charge < -0.3 is 57.0 Å². The summed E-state index contributed by atoms with van der Waals surface area (Å²) in [5, 5.41) is 87.3. The molecular weight excluding hydrogens is 813 g/mol. The van der Waals surface area contributed by atoms with Crippen molar-refractivity contribution in [1.82, 2.24) is 0 Å². The van der Waals surface area contributed by atoms with E-state index in [0.717, 1.165) is 36.4 Å². The smallest absolute Gasteiger partial charge is 0.337 e. The molecule has 7 rings (SSSR count). The Morgan fingerprint density at radius 3 is 1.70 bits per heavy atom. The minimum absolute atomic E-state index is 0.0480. The van der Waals surface area contributed by atoms with Gasteiger partial charge in [-0.2, -0.15) is 0 Å². The summed E-state index contributed by atoms with van der Waals surface area (Å²) in [7, 11) is 0. The molecule has 0 fully saturated rings. The van der Waals surface area contributed by atoms with E-state index in [9.17, 15) is 59.7 Å². The minimum Gasteiger partial charge on any atom is -0.508 e. The molecule has 16 nitrogen and oxygen atoms in total. The Morgan fingerprint density at radius 2 is 1.13 bits per heavy atom. The van der Waals surface area contributed by atoms with Gasteiger partial charge in [0, 0.05) is 40.7 Å². The van der Waals surface area contributed by atoms with E-state index in [0.29, 0.717) is 11.1 Å². The van der Waals surface area contributed by atoms with Crippen molar-refractivity contribution in [3.63, 3.8) is 0 Å². The molecule has 63 heavy (non-hydrogen) atoms. The maximum atomic E-state index is 14.8.